The van der Waals surface area contributed by atoms with Gasteiger partial charge in [0.1, 0.15) is 0 Å². The molecule has 0 saturated carbocycles. The number of thiol groups is 1. The summed E-state index contributed by atoms with van der Waals surface area (Å²) < 4.78 is 0. The lowest BCUT2D eigenvalue weighted by Gasteiger charge is -2.00. The third-order valence-corrected chi connectivity index (χ3v) is 2.10. The zero-order chi connectivity index (χ0) is 7.56. The van der Waals surface area contributed by atoms with E-state index in [0.29, 0.717) is 0 Å². The highest BCUT2D eigenvalue weighted by Gasteiger charge is 1.94. The van der Waals surface area contributed by atoms with Gasteiger partial charge in [0.25, 0.3) is 0 Å². The minimum absolute atomic E-state index is 1.03. The Hall–Kier alpha value is -0.690. The third kappa shape index (κ3) is 1.24. The van der Waals surface area contributed by atoms with E-state index in [4.69, 9.17) is 0 Å². The summed E-state index contributed by atoms with van der Waals surface area (Å²) in [6.45, 7) is 5.72. The molecule has 0 unspecified atom stereocenters. The zero-order valence-electron chi connectivity index (χ0n) is 5.96. The van der Waals surface area contributed by atoms with E-state index in [1.54, 1.807) is 0 Å². The van der Waals surface area contributed by atoms with Crippen LogP contribution in [-0.2, 0) is 0 Å². The predicted molar refractivity (Wildman–Crippen MR) is 48.5 cm³/mol. The molecule has 52 valence electrons. The quantitative estimate of drug-likeness (QED) is 0.585. The van der Waals surface area contributed by atoms with Crippen molar-refractivity contribution in [1.29, 1.82) is 0 Å². The summed E-state index contributed by atoms with van der Waals surface area (Å²) in [5.74, 6) is 0. The van der Waals surface area contributed by atoms with Crippen LogP contribution in [-0.4, -0.2) is 0 Å². The minimum Gasteiger partial charge on any atom is -0.143 e. The Balaban J connectivity index is 3.27. The van der Waals surface area contributed by atoms with Crippen LogP contribution in [0.15, 0.2) is 29.7 Å². The zero-order valence-corrected chi connectivity index (χ0v) is 6.86. The summed E-state index contributed by atoms with van der Waals surface area (Å²) in [4.78, 5) is 1.03. The van der Waals surface area contributed by atoms with Crippen LogP contribution in [0.25, 0.3) is 6.08 Å². The summed E-state index contributed by atoms with van der Waals surface area (Å²) in [5.41, 5.74) is 2.30. The van der Waals surface area contributed by atoms with Crippen molar-refractivity contribution < 1.29 is 0 Å². The molecule has 0 atom stereocenters. The van der Waals surface area contributed by atoms with Gasteiger partial charge >= 0.3 is 0 Å². The van der Waals surface area contributed by atoms with Gasteiger partial charge in [-0.2, -0.15) is 0 Å². The molecule has 0 aliphatic rings. The highest BCUT2D eigenvalue weighted by molar-refractivity contribution is 7.80. The van der Waals surface area contributed by atoms with Crippen molar-refractivity contribution in [2.24, 2.45) is 0 Å². The van der Waals surface area contributed by atoms with E-state index in [9.17, 15) is 0 Å². The second kappa shape index (κ2) is 2.93. The Labute approximate surface area is 67.0 Å². The number of hydrogen-bond donors (Lipinski definition) is 1. The molecule has 0 heterocycles. The highest BCUT2D eigenvalue weighted by Crippen LogP contribution is 2.18. The Kier molecular flexibility index (Phi) is 2.17. The Morgan fingerprint density at radius 3 is 2.70 bits per heavy atom. The average molecular weight is 150 g/mol. The molecule has 0 saturated heterocycles. The van der Waals surface area contributed by atoms with E-state index in [1.807, 2.05) is 31.2 Å². The SMILES string of the molecule is C=Cc1cccc(C)c1S. The second-order valence-electron chi connectivity index (χ2n) is 2.22. The highest BCUT2D eigenvalue weighted by atomic mass is 32.1. The van der Waals surface area contributed by atoms with Crippen molar-refractivity contribution in [1.82, 2.24) is 0 Å². The first kappa shape index (κ1) is 7.42. The van der Waals surface area contributed by atoms with Gasteiger partial charge in [0.2, 0.25) is 0 Å². The van der Waals surface area contributed by atoms with Crippen molar-refractivity contribution in [2.75, 3.05) is 0 Å². The van der Waals surface area contributed by atoms with Crippen molar-refractivity contribution in [3.8, 4) is 0 Å². The maximum atomic E-state index is 4.32. The van der Waals surface area contributed by atoms with Crippen LogP contribution >= 0.6 is 12.6 Å². The fourth-order valence-electron chi connectivity index (χ4n) is 0.846. The molecule has 10 heavy (non-hydrogen) atoms. The van der Waals surface area contributed by atoms with Crippen LogP contribution in [0.1, 0.15) is 11.1 Å². The summed E-state index contributed by atoms with van der Waals surface area (Å²) in [6.07, 6.45) is 1.81. The predicted octanol–water partition coefficient (Wildman–Crippen LogP) is 2.93. The third-order valence-electron chi connectivity index (χ3n) is 1.49. The van der Waals surface area contributed by atoms with Crippen LogP contribution in [0.5, 0.6) is 0 Å². The van der Waals surface area contributed by atoms with Gasteiger partial charge in [-0.05, 0) is 18.1 Å². The van der Waals surface area contributed by atoms with Crippen molar-refractivity contribution in [3.05, 3.63) is 35.9 Å². The molecule has 0 bridgehead atoms. The lowest BCUT2D eigenvalue weighted by Crippen LogP contribution is -1.79. The maximum absolute atomic E-state index is 4.32. The van der Waals surface area contributed by atoms with Crippen molar-refractivity contribution >= 4 is 18.7 Å². The number of aryl methyl sites for hydroxylation is 1. The molecule has 0 aliphatic heterocycles. The molecule has 0 amide bonds. The fraction of sp³-hybridized carbons (Fsp3) is 0.111. The summed E-state index contributed by atoms with van der Waals surface area (Å²) >= 11 is 4.32. The topological polar surface area (TPSA) is 0 Å². The first-order chi connectivity index (χ1) is 4.75. The lowest BCUT2D eigenvalue weighted by molar-refractivity contribution is 1.29. The number of hydrogen-bond acceptors (Lipinski definition) is 1. The van der Waals surface area contributed by atoms with Gasteiger partial charge in [-0.1, -0.05) is 30.9 Å². The van der Waals surface area contributed by atoms with Gasteiger partial charge in [0, 0.05) is 4.90 Å². The summed E-state index contributed by atoms with van der Waals surface area (Å²) in [7, 11) is 0. The van der Waals surface area contributed by atoms with E-state index in [2.05, 4.69) is 19.2 Å². The van der Waals surface area contributed by atoms with Crippen LogP contribution in [0.4, 0.5) is 0 Å². The fourth-order valence-corrected chi connectivity index (χ4v) is 1.09. The van der Waals surface area contributed by atoms with Gasteiger partial charge in [-0.25, -0.2) is 0 Å². The van der Waals surface area contributed by atoms with Crippen LogP contribution < -0.4 is 0 Å². The molecule has 0 aromatic heterocycles. The lowest BCUT2D eigenvalue weighted by atomic mass is 10.1. The molecule has 1 aromatic rings. The van der Waals surface area contributed by atoms with E-state index in [-0.39, 0.29) is 0 Å². The molecule has 0 aliphatic carbocycles. The first-order valence-corrected chi connectivity index (χ1v) is 3.61. The Bertz CT molecular complexity index is 251. The van der Waals surface area contributed by atoms with E-state index in [1.165, 1.54) is 5.56 Å². The molecule has 0 nitrogen and oxygen atoms in total. The van der Waals surface area contributed by atoms with Crippen LogP contribution in [0.2, 0.25) is 0 Å². The van der Waals surface area contributed by atoms with E-state index >= 15 is 0 Å². The molecule has 0 radical (unpaired) electrons. The molecule has 1 rings (SSSR count). The Morgan fingerprint density at radius 1 is 1.50 bits per heavy atom. The summed E-state index contributed by atoms with van der Waals surface area (Å²) in [6, 6.07) is 6.05. The first-order valence-electron chi connectivity index (χ1n) is 3.16. The normalized spacial score (nSPS) is 9.40. The molecular weight excluding hydrogens is 140 g/mol. The van der Waals surface area contributed by atoms with Crippen LogP contribution in [0, 0.1) is 6.92 Å². The van der Waals surface area contributed by atoms with Gasteiger partial charge in [0.15, 0.2) is 0 Å². The van der Waals surface area contributed by atoms with Gasteiger partial charge in [0.05, 0.1) is 0 Å². The molecule has 1 aromatic carbocycles. The van der Waals surface area contributed by atoms with Gasteiger partial charge in [-0.15, -0.1) is 12.6 Å². The van der Waals surface area contributed by atoms with Gasteiger partial charge in [-0.3, -0.25) is 0 Å². The molecular formula is C9H10S. The Morgan fingerprint density at radius 2 is 2.20 bits per heavy atom. The van der Waals surface area contributed by atoms with E-state index < -0.39 is 0 Å². The van der Waals surface area contributed by atoms with Gasteiger partial charge < -0.3 is 0 Å². The summed E-state index contributed by atoms with van der Waals surface area (Å²) in [5, 5.41) is 0. The van der Waals surface area contributed by atoms with Crippen molar-refractivity contribution in [2.45, 2.75) is 11.8 Å². The number of benzene rings is 1. The van der Waals surface area contributed by atoms with Crippen LogP contribution in [0.3, 0.4) is 0 Å². The maximum Gasteiger partial charge on any atom is 0.0142 e. The molecule has 0 N–H and O–H groups in total. The molecule has 0 spiro atoms. The van der Waals surface area contributed by atoms with E-state index in [0.717, 1.165) is 10.5 Å². The molecule has 0 fully saturated rings. The monoisotopic (exact) mass is 150 g/mol. The average Bonchev–Trinajstić information content (AvgIpc) is 1.95. The second-order valence-corrected chi connectivity index (χ2v) is 2.66. The van der Waals surface area contributed by atoms with Crippen molar-refractivity contribution in [3.63, 3.8) is 0 Å². The smallest absolute Gasteiger partial charge is 0.0142 e. The molecule has 1 heteroatoms. The standard InChI is InChI=1S/C9H10S/c1-3-8-6-4-5-7(2)9(8)10/h3-6,10H,1H2,2H3. The minimum atomic E-state index is 1.03. The number of rotatable bonds is 1. The largest absolute Gasteiger partial charge is 0.143 e.